The smallest absolute Gasteiger partial charge is 0.337 e. The van der Waals surface area contributed by atoms with Crippen molar-refractivity contribution in [1.82, 2.24) is 9.80 Å². The van der Waals surface area contributed by atoms with Crippen molar-refractivity contribution in [3.05, 3.63) is 59.7 Å². The number of nitrogens with zero attached hydrogens (tertiary/aromatic N) is 3. The molecule has 3 fully saturated rings. The van der Waals surface area contributed by atoms with Gasteiger partial charge in [-0.25, -0.2) is 4.79 Å². The van der Waals surface area contributed by atoms with E-state index in [9.17, 15) is 14.4 Å². The minimum Gasteiger partial charge on any atom is -0.465 e. The van der Waals surface area contributed by atoms with Crippen molar-refractivity contribution < 1.29 is 19.1 Å². The highest BCUT2D eigenvalue weighted by molar-refractivity contribution is 6.16. The van der Waals surface area contributed by atoms with Crippen molar-refractivity contribution in [3.63, 3.8) is 0 Å². The first-order valence-corrected chi connectivity index (χ1v) is 12.5. The molecule has 2 aromatic rings. The second kappa shape index (κ2) is 8.33. The molecular weight excluding hydrogens is 442 g/mol. The van der Waals surface area contributed by atoms with Crippen LogP contribution in [0.15, 0.2) is 53.5 Å². The lowest BCUT2D eigenvalue weighted by molar-refractivity contribution is -0.131. The highest BCUT2D eigenvalue weighted by Crippen LogP contribution is 2.46. The topological polar surface area (TPSA) is 79.3 Å². The van der Waals surface area contributed by atoms with Crippen molar-refractivity contribution in [2.24, 2.45) is 16.8 Å². The number of methoxy groups -OCH3 is 1. The average molecular weight is 472 g/mol. The Morgan fingerprint density at radius 3 is 2.46 bits per heavy atom. The maximum atomic E-state index is 13.3. The molecule has 2 aliphatic carbocycles. The fourth-order valence-corrected chi connectivity index (χ4v) is 5.28. The normalized spacial score (nSPS) is 22.5. The van der Waals surface area contributed by atoms with Gasteiger partial charge in [-0.2, -0.15) is 0 Å². The summed E-state index contributed by atoms with van der Waals surface area (Å²) in [5.41, 5.74) is 2.75. The van der Waals surface area contributed by atoms with Crippen molar-refractivity contribution in [1.29, 1.82) is 0 Å². The Balaban J connectivity index is 1.21. The Bertz CT molecular complexity index is 1230. The summed E-state index contributed by atoms with van der Waals surface area (Å²) in [5, 5.41) is 0. The molecule has 2 saturated carbocycles. The first-order chi connectivity index (χ1) is 17.0. The van der Waals surface area contributed by atoms with Crippen LogP contribution in [0.4, 0.5) is 0 Å². The van der Waals surface area contributed by atoms with E-state index < -0.39 is 5.54 Å². The lowest BCUT2D eigenvalue weighted by Gasteiger charge is -2.23. The standard InChI is InChI=1S/C28H29N3O4/c1-35-26(33)23-4-2-3-22(15-23)19-5-7-20(8-6-19)24-29-28(12-13-28)27(34)31(24)17-18-11-14-30(16-18)25(32)21-9-10-21/h2-8,15,18,21H,9-14,16-17H2,1H3/t18-/m1/s1. The molecule has 4 aliphatic rings. The summed E-state index contributed by atoms with van der Waals surface area (Å²) in [4.78, 5) is 46.4. The Morgan fingerprint density at radius 2 is 1.77 bits per heavy atom. The number of carbonyl (C=O) groups excluding carboxylic acids is 3. The number of hydrogen-bond donors (Lipinski definition) is 0. The Labute approximate surface area is 204 Å². The molecule has 1 spiro atoms. The van der Waals surface area contributed by atoms with Gasteiger partial charge in [0.1, 0.15) is 11.4 Å². The first-order valence-electron chi connectivity index (χ1n) is 12.5. The van der Waals surface area contributed by atoms with Gasteiger partial charge in [0.25, 0.3) is 5.91 Å². The highest BCUT2D eigenvalue weighted by atomic mass is 16.5. The zero-order valence-corrected chi connectivity index (χ0v) is 19.9. The van der Waals surface area contributed by atoms with Crippen LogP contribution in [0.3, 0.4) is 0 Å². The molecule has 35 heavy (non-hydrogen) atoms. The van der Waals surface area contributed by atoms with Crippen LogP contribution in [-0.4, -0.2) is 65.7 Å². The molecular formula is C28H29N3O4. The molecule has 0 unspecified atom stereocenters. The lowest BCUT2D eigenvalue weighted by Crippen LogP contribution is -2.40. The summed E-state index contributed by atoms with van der Waals surface area (Å²) >= 11 is 0. The van der Waals surface area contributed by atoms with Gasteiger partial charge in [0, 0.05) is 31.1 Å². The molecule has 7 heteroatoms. The molecule has 0 N–H and O–H groups in total. The lowest BCUT2D eigenvalue weighted by atomic mass is 10.0. The van der Waals surface area contributed by atoms with Gasteiger partial charge in [0.2, 0.25) is 5.91 Å². The van der Waals surface area contributed by atoms with Gasteiger partial charge in [-0.05, 0) is 61.3 Å². The van der Waals surface area contributed by atoms with E-state index in [2.05, 4.69) is 0 Å². The number of likely N-dealkylation sites (tertiary alicyclic amines) is 1. The number of aliphatic imine (C=N–C) groups is 1. The predicted octanol–water partition coefficient (Wildman–Crippen LogP) is 3.52. The Kier molecular flexibility index (Phi) is 5.24. The number of amidine groups is 1. The number of rotatable bonds is 6. The molecule has 0 bridgehead atoms. The third-order valence-electron chi connectivity index (χ3n) is 7.67. The van der Waals surface area contributed by atoms with Crippen LogP contribution >= 0.6 is 0 Å². The van der Waals surface area contributed by atoms with E-state index >= 15 is 0 Å². The van der Waals surface area contributed by atoms with Crippen molar-refractivity contribution >= 4 is 23.6 Å². The summed E-state index contributed by atoms with van der Waals surface area (Å²) < 4.78 is 4.84. The van der Waals surface area contributed by atoms with Gasteiger partial charge >= 0.3 is 5.97 Å². The number of carbonyl (C=O) groups is 3. The van der Waals surface area contributed by atoms with Gasteiger partial charge in [-0.3, -0.25) is 19.5 Å². The number of amides is 2. The maximum Gasteiger partial charge on any atom is 0.337 e. The summed E-state index contributed by atoms with van der Waals surface area (Å²) in [6.07, 6.45) is 4.58. The van der Waals surface area contributed by atoms with Gasteiger partial charge in [-0.15, -0.1) is 0 Å². The second-order valence-corrected chi connectivity index (χ2v) is 10.2. The third kappa shape index (κ3) is 4.03. The SMILES string of the molecule is COC(=O)c1cccc(-c2ccc(C3=NC4(CC4)C(=O)N3C[C@@H]3CCN(C(=O)C4CC4)C3)cc2)c1. The van der Waals surface area contributed by atoms with Crippen LogP contribution in [-0.2, 0) is 14.3 Å². The first kappa shape index (κ1) is 22.0. The van der Waals surface area contributed by atoms with Crippen LogP contribution in [0, 0.1) is 11.8 Å². The summed E-state index contributed by atoms with van der Waals surface area (Å²) in [5.74, 6) is 1.29. The quantitative estimate of drug-likeness (QED) is 0.604. The van der Waals surface area contributed by atoms with Crippen molar-refractivity contribution in [2.75, 3.05) is 26.7 Å². The average Bonchev–Trinajstić information content (AvgIpc) is 3.82. The predicted molar refractivity (Wildman–Crippen MR) is 131 cm³/mol. The largest absolute Gasteiger partial charge is 0.465 e. The number of ether oxygens (including phenoxy) is 1. The van der Waals surface area contributed by atoms with Gasteiger partial charge < -0.3 is 9.64 Å². The molecule has 7 nitrogen and oxygen atoms in total. The fraction of sp³-hybridized carbons (Fsp3) is 0.429. The van der Waals surface area contributed by atoms with Crippen molar-refractivity contribution in [2.45, 2.75) is 37.6 Å². The minimum absolute atomic E-state index is 0.106. The molecule has 6 rings (SSSR count). The molecule has 2 heterocycles. The Morgan fingerprint density at radius 1 is 1.03 bits per heavy atom. The zero-order chi connectivity index (χ0) is 24.2. The molecule has 2 aromatic carbocycles. The molecule has 2 aliphatic heterocycles. The van der Waals surface area contributed by atoms with Crippen LogP contribution in [0.1, 0.15) is 48.0 Å². The molecule has 0 radical (unpaired) electrons. The van der Waals surface area contributed by atoms with Crippen LogP contribution in [0.2, 0.25) is 0 Å². The van der Waals surface area contributed by atoms with E-state index in [-0.39, 0.29) is 23.7 Å². The molecule has 0 aromatic heterocycles. The number of hydrogen-bond acceptors (Lipinski definition) is 5. The van der Waals surface area contributed by atoms with E-state index in [0.717, 1.165) is 67.7 Å². The number of benzene rings is 2. The molecule has 1 saturated heterocycles. The summed E-state index contributed by atoms with van der Waals surface area (Å²) in [6, 6.07) is 15.3. The van der Waals surface area contributed by atoms with Crippen molar-refractivity contribution in [3.8, 4) is 11.1 Å². The summed E-state index contributed by atoms with van der Waals surface area (Å²) in [6.45, 7) is 2.13. The fourth-order valence-electron chi connectivity index (χ4n) is 5.28. The Hall–Kier alpha value is -3.48. The van der Waals surface area contributed by atoms with Gasteiger partial charge in [0.15, 0.2) is 0 Å². The zero-order valence-electron chi connectivity index (χ0n) is 19.9. The van der Waals surface area contributed by atoms with E-state index in [1.165, 1.54) is 7.11 Å². The summed E-state index contributed by atoms with van der Waals surface area (Å²) in [7, 11) is 1.37. The monoisotopic (exact) mass is 471 g/mol. The van der Waals surface area contributed by atoms with Crippen LogP contribution < -0.4 is 0 Å². The third-order valence-corrected chi connectivity index (χ3v) is 7.67. The van der Waals surface area contributed by atoms with E-state index in [1.807, 2.05) is 52.3 Å². The van der Waals surface area contributed by atoms with Gasteiger partial charge in [0.05, 0.1) is 12.7 Å². The van der Waals surface area contributed by atoms with Crippen LogP contribution in [0.5, 0.6) is 0 Å². The molecule has 2 amide bonds. The van der Waals surface area contributed by atoms with E-state index in [0.29, 0.717) is 18.0 Å². The number of esters is 1. The van der Waals surface area contributed by atoms with E-state index in [1.54, 1.807) is 6.07 Å². The second-order valence-electron chi connectivity index (χ2n) is 10.2. The minimum atomic E-state index is -0.565. The van der Waals surface area contributed by atoms with E-state index in [4.69, 9.17) is 9.73 Å². The maximum absolute atomic E-state index is 13.3. The molecule has 1 atom stereocenters. The molecule has 180 valence electrons. The van der Waals surface area contributed by atoms with Gasteiger partial charge in [-0.1, -0.05) is 36.4 Å². The van der Waals surface area contributed by atoms with Crippen LogP contribution in [0.25, 0.3) is 11.1 Å². The highest BCUT2D eigenvalue weighted by Gasteiger charge is 2.57.